The van der Waals surface area contributed by atoms with Gasteiger partial charge in [0.2, 0.25) is 10.0 Å². The summed E-state index contributed by atoms with van der Waals surface area (Å²) in [6.45, 7) is 0.641. The van der Waals surface area contributed by atoms with E-state index in [1.165, 1.54) is 17.1 Å². The molecule has 0 spiro atoms. The number of rotatable bonds is 4. The molecular weight excluding hydrogens is 258 g/mol. The summed E-state index contributed by atoms with van der Waals surface area (Å²) < 4.78 is 33.5. The van der Waals surface area contributed by atoms with Crippen LogP contribution in [0, 0.1) is 0 Å². The molecule has 7 nitrogen and oxygen atoms in total. The van der Waals surface area contributed by atoms with Gasteiger partial charge < -0.3 is 9.84 Å². The molecule has 0 saturated carbocycles. The van der Waals surface area contributed by atoms with Crippen molar-refractivity contribution in [3.63, 3.8) is 0 Å². The van der Waals surface area contributed by atoms with E-state index in [4.69, 9.17) is 4.74 Å². The standard InChI is InChI=1S/C10H17N3O4S/c1-13-7-9(6-11-13)18(15,16)12-10(8-14)2-4-17-5-3-10/h6-7,12,14H,2-5,8H2,1H3. The minimum absolute atomic E-state index is 0.101. The molecule has 0 radical (unpaired) electrons. The van der Waals surface area contributed by atoms with Crippen molar-refractivity contribution in [2.24, 2.45) is 7.05 Å². The van der Waals surface area contributed by atoms with Gasteiger partial charge in [-0.15, -0.1) is 0 Å². The van der Waals surface area contributed by atoms with E-state index in [2.05, 4.69) is 9.82 Å². The van der Waals surface area contributed by atoms with Crippen molar-refractivity contribution in [1.29, 1.82) is 0 Å². The molecule has 1 aliphatic rings. The number of aromatic nitrogens is 2. The van der Waals surface area contributed by atoms with Gasteiger partial charge in [-0.2, -0.15) is 5.10 Å². The Kier molecular flexibility index (Phi) is 3.71. The molecule has 102 valence electrons. The van der Waals surface area contributed by atoms with Crippen molar-refractivity contribution >= 4 is 10.0 Å². The molecule has 1 fully saturated rings. The van der Waals surface area contributed by atoms with Crippen LogP contribution in [-0.4, -0.2) is 48.7 Å². The minimum atomic E-state index is -3.66. The lowest BCUT2D eigenvalue weighted by molar-refractivity contribution is 0.0223. The van der Waals surface area contributed by atoms with Gasteiger partial charge in [-0.1, -0.05) is 0 Å². The van der Waals surface area contributed by atoms with Gasteiger partial charge in [0.05, 0.1) is 18.3 Å². The fourth-order valence-electron chi connectivity index (χ4n) is 1.94. The average molecular weight is 275 g/mol. The molecule has 0 unspecified atom stereocenters. The van der Waals surface area contributed by atoms with Gasteiger partial charge in [0, 0.05) is 26.5 Å². The molecule has 0 aliphatic carbocycles. The van der Waals surface area contributed by atoms with Crippen LogP contribution in [0.4, 0.5) is 0 Å². The first-order valence-electron chi connectivity index (χ1n) is 5.69. The molecule has 2 rings (SSSR count). The van der Waals surface area contributed by atoms with E-state index in [1.807, 2.05) is 0 Å². The molecule has 0 atom stereocenters. The van der Waals surface area contributed by atoms with E-state index in [-0.39, 0.29) is 11.5 Å². The zero-order valence-corrected chi connectivity index (χ0v) is 11.0. The van der Waals surface area contributed by atoms with Crippen molar-refractivity contribution in [1.82, 2.24) is 14.5 Å². The number of sulfonamides is 1. The predicted molar refractivity (Wildman–Crippen MR) is 63.4 cm³/mol. The molecule has 8 heteroatoms. The van der Waals surface area contributed by atoms with Gasteiger partial charge in [0.1, 0.15) is 4.90 Å². The van der Waals surface area contributed by atoms with Crippen molar-refractivity contribution in [3.05, 3.63) is 12.4 Å². The summed E-state index contributed by atoms with van der Waals surface area (Å²) in [7, 11) is -2.01. The molecule has 1 saturated heterocycles. The van der Waals surface area contributed by atoms with Crippen LogP contribution in [0.1, 0.15) is 12.8 Å². The lowest BCUT2D eigenvalue weighted by Gasteiger charge is -2.35. The smallest absolute Gasteiger partial charge is 0.244 e. The van der Waals surface area contributed by atoms with E-state index in [0.29, 0.717) is 26.1 Å². The SMILES string of the molecule is Cn1cc(S(=O)(=O)NC2(CO)CCOCC2)cn1. The quantitative estimate of drug-likeness (QED) is 0.753. The van der Waals surface area contributed by atoms with Gasteiger partial charge in [-0.3, -0.25) is 4.68 Å². The number of hydrogen-bond acceptors (Lipinski definition) is 5. The topological polar surface area (TPSA) is 93.5 Å². The largest absolute Gasteiger partial charge is 0.394 e. The number of aliphatic hydroxyl groups is 1. The second-order valence-corrected chi connectivity index (χ2v) is 6.19. The number of hydrogen-bond donors (Lipinski definition) is 2. The van der Waals surface area contributed by atoms with Crippen LogP contribution in [0.2, 0.25) is 0 Å². The van der Waals surface area contributed by atoms with Crippen molar-refractivity contribution in [3.8, 4) is 0 Å². The Morgan fingerprint density at radius 1 is 1.56 bits per heavy atom. The van der Waals surface area contributed by atoms with Crippen molar-refractivity contribution < 1.29 is 18.3 Å². The van der Waals surface area contributed by atoms with Crippen LogP contribution >= 0.6 is 0 Å². The van der Waals surface area contributed by atoms with Crippen LogP contribution in [0.5, 0.6) is 0 Å². The first kappa shape index (κ1) is 13.5. The first-order chi connectivity index (χ1) is 8.47. The monoisotopic (exact) mass is 275 g/mol. The van der Waals surface area contributed by atoms with Gasteiger partial charge in [-0.25, -0.2) is 13.1 Å². The highest BCUT2D eigenvalue weighted by atomic mass is 32.2. The second-order valence-electron chi connectivity index (χ2n) is 4.51. The maximum absolute atomic E-state index is 12.2. The molecule has 18 heavy (non-hydrogen) atoms. The van der Waals surface area contributed by atoms with Gasteiger partial charge in [-0.05, 0) is 12.8 Å². The van der Waals surface area contributed by atoms with E-state index in [9.17, 15) is 13.5 Å². The van der Waals surface area contributed by atoms with Crippen LogP contribution in [0.3, 0.4) is 0 Å². The van der Waals surface area contributed by atoms with Crippen LogP contribution in [0.25, 0.3) is 0 Å². The number of ether oxygens (including phenoxy) is 1. The molecule has 0 bridgehead atoms. The lowest BCUT2D eigenvalue weighted by Crippen LogP contribution is -2.54. The molecular formula is C10H17N3O4S. The number of aliphatic hydroxyl groups excluding tert-OH is 1. The van der Waals surface area contributed by atoms with E-state index >= 15 is 0 Å². The molecule has 1 aromatic heterocycles. The summed E-state index contributed by atoms with van der Waals surface area (Å²) in [4.78, 5) is 0.101. The van der Waals surface area contributed by atoms with Gasteiger partial charge in [0.25, 0.3) is 0 Å². The fraction of sp³-hybridized carbons (Fsp3) is 0.700. The Bertz CT molecular complexity index is 505. The van der Waals surface area contributed by atoms with Crippen LogP contribution < -0.4 is 4.72 Å². The minimum Gasteiger partial charge on any atom is -0.394 e. The lowest BCUT2D eigenvalue weighted by atomic mass is 9.93. The summed E-state index contributed by atoms with van der Waals surface area (Å²) in [5.74, 6) is 0. The van der Waals surface area contributed by atoms with Crippen LogP contribution in [0.15, 0.2) is 17.3 Å². The van der Waals surface area contributed by atoms with Crippen molar-refractivity contribution in [2.75, 3.05) is 19.8 Å². The molecule has 0 aromatic carbocycles. The maximum atomic E-state index is 12.2. The van der Waals surface area contributed by atoms with Crippen molar-refractivity contribution in [2.45, 2.75) is 23.3 Å². The summed E-state index contributed by atoms with van der Waals surface area (Å²) in [5.41, 5.74) is -0.826. The highest BCUT2D eigenvalue weighted by Crippen LogP contribution is 2.23. The molecule has 0 amide bonds. The molecule has 1 aromatic rings. The second kappa shape index (κ2) is 4.96. The molecule has 2 heterocycles. The Labute approximate surface area is 106 Å². The summed E-state index contributed by atoms with van der Waals surface area (Å²) in [5, 5.41) is 13.3. The third kappa shape index (κ3) is 2.72. The number of aryl methyl sites for hydroxylation is 1. The summed E-state index contributed by atoms with van der Waals surface area (Å²) in [6, 6.07) is 0. The molecule has 1 aliphatic heterocycles. The normalized spacial score (nSPS) is 19.9. The predicted octanol–water partition coefficient (Wildman–Crippen LogP) is -0.760. The molecule has 2 N–H and O–H groups in total. The Morgan fingerprint density at radius 3 is 2.72 bits per heavy atom. The fourth-order valence-corrected chi connectivity index (χ4v) is 3.37. The van der Waals surface area contributed by atoms with Gasteiger partial charge >= 0.3 is 0 Å². The van der Waals surface area contributed by atoms with Crippen LogP contribution in [-0.2, 0) is 21.8 Å². The maximum Gasteiger partial charge on any atom is 0.244 e. The third-order valence-corrected chi connectivity index (χ3v) is 4.63. The Balaban J connectivity index is 2.21. The zero-order chi connectivity index (χ0) is 13.2. The Hall–Kier alpha value is -0.960. The number of nitrogens with zero attached hydrogens (tertiary/aromatic N) is 2. The third-order valence-electron chi connectivity index (χ3n) is 3.09. The van der Waals surface area contributed by atoms with E-state index < -0.39 is 15.6 Å². The number of nitrogens with one attached hydrogen (secondary N) is 1. The summed E-state index contributed by atoms with van der Waals surface area (Å²) >= 11 is 0. The van der Waals surface area contributed by atoms with Gasteiger partial charge in [0.15, 0.2) is 0 Å². The average Bonchev–Trinajstić information content (AvgIpc) is 2.77. The summed E-state index contributed by atoms with van der Waals surface area (Å²) in [6.07, 6.45) is 3.63. The van der Waals surface area contributed by atoms with E-state index in [1.54, 1.807) is 7.05 Å². The highest BCUT2D eigenvalue weighted by Gasteiger charge is 2.36. The zero-order valence-electron chi connectivity index (χ0n) is 10.2. The Morgan fingerprint density at radius 2 is 2.22 bits per heavy atom. The highest BCUT2D eigenvalue weighted by molar-refractivity contribution is 7.89. The first-order valence-corrected chi connectivity index (χ1v) is 7.17. The van der Waals surface area contributed by atoms with E-state index in [0.717, 1.165) is 0 Å².